The van der Waals surface area contributed by atoms with Crippen LogP contribution in [0.15, 0.2) is 48.5 Å². The highest BCUT2D eigenvalue weighted by atomic mass is 16.5. The molecule has 0 bridgehead atoms. The first-order valence-electron chi connectivity index (χ1n) is 8.55. The highest BCUT2D eigenvalue weighted by Gasteiger charge is 2.10. The molecule has 6 nitrogen and oxygen atoms in total. The lowest BCUT2D eigenvalue weighted by Gasteiger charge is -2.12. The quantitative estimate of drug-likeness (QED) is 0.748. The number of ether oxygens (including phenoxy) is 2. The molecule has 2 N–H and O–H groups in total. The maximum absolute atomic E-state index is 12.1. The molecule has 0 aliphatic heterocycles. The first-order valence-corrected chi connectivity index (χ1v) is 8.55. The molecule has 0 fully saturated rings. The van der Waals surface area contributed by atoms with Crippen LogP contribution in [0.4, 0.5) is 0 Å². The highest BCUT2D eigenvalue weighted by molar-refractivity contribution is 5.95. The van der Waals surface area contributed by atoms with Crippen LogP contribution < -0.4 is 20.3 Å². The molecule has 0 unspecified atom stereocenters. The van der Waals surface area contributed by atoms with E-state index in [-0.39, 0.29) is 12.5 Å². The van der Waals surface area contributed by atoms with E-state index in [1.165, 1.54) is 0 Å². The van der Waals surface area contributed by atoms with Crippen molar-refractivity contribution in [3.05, 3.63) is 59.7 Å². The van der Waals surface area contributed by atoms with Gasteiger partial charge in [-0.3, -0.25) is 20.4 Å². The zero-order valence-electron chi connectivity index (χ0n) is 15.2. The second-order valence-corrected chi connectivity index (χ2v) is 5.95. The summed E-state index contributed by atoms with van der Waals surface area (Å²) in [6, 6.07) is 14.3. The van der Waals surface area contributed by atoms with Gasteiger partial charge in [-0.1, -0.05) is 38.1 Å². The van der Waals surface area contributed by atoms with Gasteiger partial charge in [0.2, 0.25) is 0 Å². The van der Waals surface area contributed by atoms with Crippen LogP contribution in [0.3, 0.4) is 0 Å². The van der Waals surface area contributed by atoms with E-state index in [0.29, 0.717) is 29.6 Å². The van der Waals surface area contributed by atoms with Crippen molar-refractivity contribution in [3.63, 3.8) is 0 Å². The molecule has 0 saturated carbocycles. The normalized spacial score (nSPS) is 10.3. The number of nitrogens with one attached hydrogen (secondary N) is 2. The molecule has 0 saturated heterocycles. The molecule has 26 heavy (non-hydrogen) atoms. The van der Waals surface area contributed by atoms with Crippen molar-refractivity contribution >= 4 is 11.8 Å². The number of hydrogen-bond acceptors (Lipinski definition) is 4. The minimum Gasteiger partial charge on any atom is -0.490 e. The Morgan fingerprint density at radius 1 is 0.923 bits per heavy atom. The van der Waals surface area contributed by atoms with Crippen molar-refractivity contribution in [3.8, 4) is 11.5 Å². The Bertz CT molecular complexity index is 742. The van der Waals surface area contributed by atoms with Gasteiger partial charge in [0.05, 0.1) is 6.61 Å². The van der Waals surface area contributed by atoms with Crippen molar-refractivity contribution in [2.24, 2.45) is 0 Å². The third-order valence-corrected chi connectivity index (χ3v) is 3.66. The molecule has 2 aromatic carbocycles. The van der Waals surface area contributed by atoms with Crippen molar-refractivity contribution in [2.45, 2.75) is 26.7 Å². The van der Waals surface area contributed by atoms with Gasteiger partial charge in [0.15, 0.2) is 18.1 Å². The molecule has 2 rings (SSSR count). The summed E-state index contributed by atoms with van der Waals surface area (Å²) in [5, 5.41) is 0. The van der Waals surface area contributed by atoms with Crippen LogP contribution >= 0.6 is 0 Å². The second-order valence-electron chi connectivity index (χ2n) is 5.95. The molecule has 0 aromatic heterocycles. The lowest BCUT2D eigenvalue weighted by Crippen LogP contribution is -2.43. The fourth-order valence-electron chi connectivity index (χ4n) is 2.24. The Balaban J connectivity index is 1.82. The summed E-state index contributed by atoms with van der Waals surface area (Å²) in [4.78, 5) is 23.9. The average molecular weight is 356 g/mol. The maximum atomic E-state index is 12.1. The zero-order chi connectivity index (χ0) is 18.9. The number of para-hydroxylation sites is 2. The van der Waals surface area contributed by atoms with Gasteiger partial charge in [-0.15, -0.1) is 0 Å². The van der Waals surface area contributed by atoms with Crippen LogP contribution in [0.5, 0.6) is 11.5 Å². The third kappa shape index (κ3) is 5.51. The molecule has 0 aliphatic rings. The van der Waals surface area contributed by atoms with Crippen LogP contribution in [-0.2, 0) is 4.79 Å². The average Bonchev–Trinajstić information content (AvgIpc) is 2.65. The summed E-state index contributed by atoms with van der Waals surface area (Å²) >= 11 is 0. The molecule has 0 radical (unpaired) electrons. The number of amides is 2. The van der Waals surface area contributed by atoms with Gasteiger partial charge in [-0.25, -0.2) is 0 Å². The summed E-state index contributed by atoms with van der Waals surface area (Å²) < 4.78 is 10.9. The van der Waals surface area contributed by atoms with E-state index in [1.54, 1.807) is 30.3 Å². The van der Waals surface area contributed by atoms with Gasteiger partial charge in [0.25, 0.3) is 11.8 Å². The Morgan fingerprint density at radius 3 is 2.12 bits per heavy atom. The second kappa shape index (κ2) is 9.46. The molecule has 138 valence electrons. The van der Waals surface area contributed by atoms with E-state index in [9.17, 15) is 9.59 Å². The number of rotatable bonds is 7. The molecule has 0 atom stereocenters. The van der Waals surface area contributed by atoms with Crippen molar-refractivity contribution in [2.75, 3.05) is 13.2 Å². The van der Waals surface area contributed by atoms with Crippen LogP contribution in [0.2, 0.25) is 0 Å². The van der Waals surface area contributed by atoms with E-state index < -0.39 is 5.91 Å². The molecule has 0 aliphatic carbocycles. The summed E-state index contributed by atoms with van der Waals surface area (Å²) in [6.07, 6.45) is 0. The van der Waals surface area contributed by atoms with E-state index >= 15 is 0 Å². The Morgan fingerprint density at radius 2 is 1.54 bits per heavy atom. The third-order valence-electron chi connectivity index (χ3n) is 3.66. The molecule has 2 amide bonds. The van der Waals surface area contributed by atoms with Gasteiger partial charge >= 0.3 is 0 Å². The predicted molar refractivity (Wildman–Crippen MR) is 99.2 cm³/mol. The van der Waals surface area contributed by atoms with E-state index in [2.05, 4.69) is 24.7 Å². The lowest BCUT2D eigenvalue weighted by atomic mass is 10.0. The Hall–Kier alpha value is -3.02. The summed E-state index contributed by atoms with van der Waals surface area (Å²) in [7, 11) is 0. The van der Waals surface area contributed by atoms with Gasteiger partial charge < -0.3 is 9.47 Å². The van der Waals surface area contributed by atoms with Gasteiger partial charge in [0, 0.05) is 5.56 Å². The first kappa shape index (κ1) is 19.3. The smallest absolute Gasteiger partial charge is 0.276 e. The monoisotopic (exact) mass is 356 g/mol. The van der Waals surface area contributed by atoms with E-state index in [1.807, 2.05) is 25.1 Å². The Kier molecular flexibility index (Phi) is 7.02. The lowest BCUT2D eigenvalue weighted by molar-refractivity contribution is -0.123. The molecule has 6 heteroatoms. The van der Waals surface area contributed by atoms with Gasteiger partial charge in [-0.05, 0) is 42.7 Å². The van der Waals surface area contributed by atoms with Crippen molar-refractivity contribution in [1.29, 1.82) is 0 Å². The molecular formula is C20H24N2O4. The topological polar surface area (TPSA) is 76.7 Å². The largest absolute Gasteiger partial charge is 0.490 e. The number of carbonyl (C=O) groups excluding carboxylic acids is 2. The SMILES string of the molecule is CCOc1ccccc1OCC(=O)NNC(=O)c1ccc(C(C)C)cc1. The van der Waals surface area contributed by atoms with Crippen molar-refractivity contribution in [1.82, 2.24) is 10.9 Å². The Labute approximate surface area is 153 Å². The molecule has 2 aromatic rings. The molecule has 0 heterocycles. The van der Waals surface area contributed by atoms with Gasteiger partial charge in [0.1, 0.15) is 0 Å². The summed E-state index contributed by atoms with van der Waals surface area (Å²) in [6.45, 7) is 6.29. The minimum absolute atomic E-state index is 0.239. The minimum atomic E-state index is -0.469. The molecular weight excluding hydrogens is 332 g/mol. The molecule has 0 spiro atoms. The van der Waals surface area contributed by atoms with Crippen LogP contribution in [0.1, 0.15) is 42.6 Å². The number of carbonyl (C=O) groups is 2. The summed E-state index contributed by atoms with van der Waals surface area (Å²) in [5.41, 5.74) is 6.32. The summed E-state index contributed by atoms with van der Waals surface area (Å²) in [5.74, 6) is 0.576. The zero-order valence-corrected chi connectivity index (χ0v) is 15.2. The van der Waals surface area contributed by atoms with E-state index in [4.69, 9.17) is 9.47 Å². The first-order chi connectivity index (χ1) is 12.5. The van der Waals surface area contributed by atoms with E-state index in [0.717, 1.165) is 5.56 Å². The van der Waals surface area contributed by atoms with Gasteiger partial charge in [-0.2, -0.15) is 0 Å². The standard InChI is InChI=1S/C20H24N2O4/c1-4-25-17-7-5-6-8-18(17)26-13-19(23)21-22-20(24)16-11-9-15(10-12-16)14(2)3/h5-12,14H,4,13H2,1-3H3,(H,21,23)(H,22,24). The van der Waals surface area contributed by atoms with Crippen LogP contribution in [0, 0.1) is 0 Å². The predicted octanol–water partition coefficient (Wildman–Crippen LogP) is 3.05. The highest BCUT2D eigenvalue weighted by Crippen LogP contribution is 2.26. The number of benzene rings is 2. The van der Waals surface area contributed by atoms with Crippen molar-refractivity contribution < 1.29 is 19.1 Å². The maximum Gasteiger partial charge on any atom is 0.276 e. The van der Waals surface area contributed by atoms with Crippen LogP contribution in [0.25, 0.3) is 0 Å². The number of hydrazine groups is 1. The number of hydrogen-bond donors (Lipinski definition) is 2. The fraction of sp³-hybridized carbons (Fsp3) is 0.300. The van der Waals surface area contributed by atoms with Crippen LogP contribution in [-0.4, -0.2) is 25.0 Å². The fourth-order valence-corrected chi connectivity index (χ4v) is 2.24.